The topological polar surface area (TPSA) is 21.3 Å². The molecular formula is C15H21NO. The molecule has 2 heteroatoms. The molecule has 0 saturated heterocycles. The van der Waals surface area contributed by atoms with Crippen molar-refractivity contribution >= 4 is 6.08 Å². The summed E-state index contributed by atoms with van der Waals surface area (Å²) in [7, 11) is 0. The Morgan fingerprint density at radius 1 is 1.35 bits per heavy atom. The van der Waals surface area contributed by atoms with E-state index in [0.717, 1.165) is 23.9 Å². The first-order valence-electron chi connectivity index (χ1n) is 6.41. The maximum absolute atomic E-state index is 5.76. The summed E-state index contributed by atoms with van der Waals surface area (Å²) in [6.07, 6.45) is 7.18. The lowest BCUT2D eigenvalue weighted by atomic mass is 10.2. The van der Waals surface area contributed by atoms with E-state index in [1.165, 1.54) is 12.8 Å². The fraction of sp³-hybridized carbons (Fsp3) is 0.467. The highest BCUT2D eigenvalue weighted by Gasteiger charge is 2.18. The van der Waals surface area contributed by atoms with Gasteiger partial charge in [0.1, 0.15) is 5.75 Å². The van der Waals surface area contributed by atoms with Crippen LogP contribution in [0, 0.1) is 0 Å². The van der Waals surface area contributed by atoms with E-state index >= 15 is 0 Å². The van der Waals surface area contributed by atoms with E-state index in [4.69, 9.17) is 4.74 Å². The van der Waals surface area contributed by atoms with Crippen LogP contribution in [0.4, 0.5) is 0 Å². The molecule has 1 aromatic carbocycles. The highest BCUT2D eigenvalue weighted by molar-refractivity contribution is 5.57. The second-order valence-corrected chi connectivity index (χ2v) is 4.79. The molecule has 0 atom stereocenters. The van der Waals surface area contributed by atoms with Crippen LogP contribution in [-0.4, -0.2) is 18.7 Å². The Hall–Kier alpha value is -1.28. The number of para-hydroxylation sites is 1. The van der Waals surface area contributed by atoms with Crippen molar-refractivity contribution in [1.29, 1.82) is 0 Å². The molecule has 1 fully saturated rings. The van der Waals surface area contributed by atoms with Crippen LogP contribution in [0.3, 0.4) is 0 Å². The predicted octanol–water partition coefficient (Wildman–Crippen LogP) is 3.24. The zero-order chi connectivity index (χ0) is 12.1. The fourth-order valence-corrected chi connectivity index (χ4v) is 1.69. The first-order chi connectivity index (χ1) is 8.25. The highest BCUT2D eigenvalue weighted by Crippen LogP contribution is 2.21. The van der Waals surface area contributed by atoms with E-state index < -0.39 is 0 Å². The van der Waals surface area contributed by atoms with Gasteiger partial charge in [0, 0.05) is 18.2 Å². The van der Waals surface area contributed by atoms with Gasteiger partial charge in [-0.2, -0.15) is 0 Å². The van der Waals surface area contributed by atoms with Gasteiger partial charge >= 0.3 is 0 Å². The molecule has 0 heterocycles. The molecule has 0 spiro atoms. The average molecular weight is 231 g/mol. The van der Waals surface area contributed by atoms with E-state index in [2.05, 4.69) is 37.4 Å². The van der Waals surface area contributed by atoms with E-state index in [0.29, 0.717) is 0 Å². The van der Waals surface area contributed by atoms with Gasteiger partial charge in [-0.15, -0.1) is 0 Å². The molecule has 0 aliphatic heterocycles. The maximum atomic E-state index is 5.76. The van der Waals surface area contributed by atoms with Gasteiger partial charge in [0.05, 0.1) is 6.10 Å². The first-order valence-corrected chi connectivity index (χ1v) is 6.41. The largest absolute Gasteiger partial charge is 0.490 e. The third-order valence-electron chi connectivity index (χ3n) is 2.68. The van der Waals surface area contributed by atoms with E-state index in [-0.39, 0.29) is 6.10 Å². The van der Waals surface area contributed by atoms with Crippen LogP contribution in [0.1, 0.15) is 32.3 Å². The van der Waals surface area contributed by atoms with Gasteiger partial charge in [-0.25, -0.2) is 0 Å². The molecule has 1 saturated carbocycles. The molecule has 1 aliphatic rings. The van der Waals surface area contributed by atoms with Gasteiger partial charge in [0.15, 0.2) is 0 Å². The summed E-state index contributed by atoms with van der Waals surface area (Å²) in [6, 6.07) is 8.93. The lowest BCUT2D eigenvalue weighted by molar-refractivity contribution is 0.242. The zero-order valence-electron chi connectivity index (χ0n) is 10.6. The van der Waals surface area contributed by atoms with Gasteiger partial charge < -0.3 is 10.1 Å². The minimum atomic E-state index is 0.217. The molecular weight excluding hydrogens is 210 g/mol. The molecule has 0 unspecified atom stereocenters. The third kappa shape index (κ3) is 4.23. The lowest BCUT2D eigenvalue weighted by Gasteiger charge is -2.12. The van der Waals surface area contributed by atoms with E-state index in [1.807, 2.05) is 18.2 Å². The minimum Gasteiger partial charge on any atom is -0.490 e. The Labute approximate surface area is 104 Å². The summed E-state index contributed by atoms with van der Waals surface area (Å²) in [5, 5.41) is 3.46. The molecule has 1 aliphatic carbocycles. The summed E-state index contributed by atoms with van der Waals surface area (Å²) < 4.78 is 5.76. The standard InChI is InChI=1S/C15H21NO/c1-12(2)17-15-8-4-3-6-13(15)7-5-11-16-14-9-10-14/h3-8,12,14,16H,9-11H2,1-2H3. The lowest BCUT2D eigenvalue weighted by Crippen LogP contribution is -2.15. The number of benzene rings is 1. The first kappa shape index (κ1) is 12.2. The summed E-state index contributed by atoms with van der Waals surface area (Å²) in [6.45, 7) is 5.05. The Morgan fingerprint density at radius 2 is 2.12 bits per heavy atom. The number of rotatable bonds is 6. The molecule has 0 amide bonds. The molecule has 1 aromatic rings. The Kier molecular flexibility index (Phi) is 4.21. The van der Waals surface area contributed by atoms with Crippen molar-refractivity contribution in [3.8, 4) is 5.75 Å². The normalized spacial score (nSPS) is 15.7. The van der Waals surface area contributed by atoms with Gasteiger partial charge in [-0.1, -0.05) is 30.4 Å². The summed E-state index contributed by atoms with van der Waals surface area (Å²) >= 11 is 0. The number of hydrogen-bond donors (Lipinski definition) is 1. The van der Waals surface area contributed by atoms with Crippen LogP contribution in [0.15, 0.2) is 30.3 Å². The van der Waals surface area contributed by atoms with Crippen molar-refractivity contribution in [2.24, 2.45) is 0 Å². The van der Waals surface area contributed by atoms with Crippen LogP contribution in [0.25, 0.3) is 6.08 Å². The molecule has 2 nitrogen and oxygen atoms in total. The predicted molar refractivity (Wildman–Crippen MR) is 72.3 cm³/mol. The molecule has 17 heavy (non-hydrogen) atoms. The van der Waals surface area contributed by atoms with Crippen molar-refractivity contribution in [3.05, 3.63) is 35.9 Å². The molecule has 0 radical (unpaired) electrons. The number of nitrogens with one attached hydrogen (secondary N) is 1. The molecule has 0 bridgehead atoms. The molecule has 0 aromatic heterocycles. The highest BCUT2D eigenvalue weighted by atomic mass is 16.5. The van der Waals surface area contributed by atoms with Crippen molar-refractivity contribution < 1.29 is 4.74 Å². The quantitative estimate of drug-likeness (QED) is 0.811. The Morgan fingerprint density at radius 3 is 2.82 bits per heavy atom. The summed E-state index contributed by atoms with van der Waals surface area (Å²) in [4.78, 5) is 0. The summed E-state index contributed by atoms with van der Waals surface area (Å²) in [5.74, 6) is 0.963. The van der Waals surface area contributed by atoms with Crippen LogP contribution >= 0.6 is 0 Å². The van der Waals surface area contributed by atoms with Crippen molar-refractivity contribution in [3.63, 3.8) is 0 Å². The van der Waals surface area contributed by atoms with Gasteiger partial charge in [0.2, 0.25) is 0 Å². The van der Waals surface area contributed by atoms with Gasteiger partial charge in [-0.3, -0.25) is 0 Å². The number of ether oxygens (including phenoxy) is 1. The van der Waals surface area contributed by atoms with Crippen LogP contribution in [0.2, 0.25) is 0 Å². The third-order valence-corrected chi connectivity index (χ3v) is 2.68. The zero-order valence-corrected chi connectivity index (χ0v) is 10.6. The monoisotopic (exact) mass is 231 g/mol. The molecule has 1 N–H and O–H groups in total. The van der Waals surface area contributed by atoms with Gasteiger partial charge in [0.25, 0.3) is 0 Å². The van der Waals surface area contributed by atoms with E-state index in [9.17, 15) is 0 Å². The number of hydrogen-bond acceptors (Lipinski definition) is 2. The van der Waals surface area contributed by atoms with Crippen LogP contribution < -0.4 is 10.1 Å². The Bertz CT molecular complexity index is 380. The Balaban J connectivity index is 1.92. The fourth-order valence-electron chi connectivity index (χ4n) is 1.69. The SMILES string of the molecule is CC(C)Oc1ccccc1C=CCNC1CC1. The van der Waals surface area contributed by atoms with E-state index in [1.54, 1.807) is 0 Å². The second kappa shape index (κ2) is 5.87. The molecule has 2 rings (SSSR count). The minimum absolute atomic E-state index is 0.217. The van der Waals surface area contributed by atoms with Gasteiger partial charge in [-0.05, 0) is 32.8 Å². The average Bonchev–Trinajstić information content (AvgIpc) is 3.09. The van der Waals surface area contributed by atoms with Crippen LogP contribution in [0.5, 0.6) is 5.75 Å². The van der Waals surface area contributed by atoms with Crippen molar-refractivity contribution in [2.75, 3.05) is 6.54 Å². The summed E-state index contributed by atoms with van der Waals surface area (Å²) in [5.41, 5.74) is 1.15. The van der Waals surface area contributed by atoms with Crippen LogP contribution in [-0.2, 0) is 0 Å². The van der Waals surface area contributed by atoms with Crippen molar-refractivity contribution in [1.82, 2.24) is 5.32 Å². The second-order valence-electron chi connectivity index (χ2n) is 4.79. The van der Waals surface area contributed by atoms with Crippen molar-refractivity contribution in [2.45, 2.75) is 38.8 Å². The smallest absolute Gasteiger partial charge is 0.126 e. The molecule has 92 valence electrons. The maximum Gasteiger partial charge on any atom is 0.126 e.